The Bertz CT molecular complexity index is 508. The molecule has 1 unspecified atom stereocenters. The topological polar surface area (TPSA) is 208 Å². The second-order valence-corrected chi connectivity index (χ2v) is 6.99. The Morgan fingerprint density at radius 3 is 1.57 bits per heavy atom. The molecule has 0 saturated carbocycles. The summed E-state index contributed by atoms with van der Waals surface area (Å²) in [7, 11) is 0. The highest BCUT2D eigenvalue weighted by Crippen LogP contribution is 2.27. The molecule has 0 aliphatic carbocycles. The standard InChI is InChI=1S/C15H26O13/c16-4-1-25-14(10(21)7(4)18)27-6-3-24-13(23)12(9(6)20)28-15-11(22)8(19)5(17)2-26-15/h4-23H,1-3H2/t4-,5-,6-,7+,8+,9+,10-,11-,12-,13?,14+,15+/m1/s1. The van der Waals surface area contributed by atoms with Crippen molar-refractivity contribution in [2.45, 2.75) is 73.8 Å². The molecule has 164 valence electrons. The predicted molar refractivity (Wildman–Crippen MR) is 83.2 cm³/mol. The molecule has 0 spiro atoms. The molecule has 0 bridgehead atoms. The van der Waals surface area contributed by atoms with Gasteiger partial charge in [0.2, 0.25) is 0 Å². The normalized spacial score (nSPS) is 53.1. The number of hydrogen-bond donors (Lipinski definition) is 8. The molecule has 0 amide bonds. The Hall–Kier alpha value is -0.520. The molecule has 13 nitrogen and oxygen atoms in total. The first-order chi connectivity index (χ1) is 13.2. The zero-order valence-electron chi connectivity index (χ0n) is 14.7. The Morgan fingerprint density at radius 1 is 0.536 bits per heavy atom. The van der Waals surface area contributed by atoms with E-state index in [1.54, 1.807) is 0 Å². The predicted octanol–water partition coefficient (Wildman–Crippen LogP) is -5.66. The molecular weight excluding hydrogens is 388 g/mol. The first-order valence-corrected chi connectivity index (χ1v) is 8.81. The maximum absolute atomic E-state index is 10.5. The van der Waals surface area contributed by atoms with Crippen molar-refractivity contribution in [2.24, 2.45) is 0 Å². The zero-order valence-corrected chi connectivity index (χ0v) is 14.7. The van der Waals surface area contributed by atoms with Crippen LogP contribution < -0.4 is 0 Å². The van der Waals surface area contributed by atoms with Crippen LogP contribution in [0.2, 0.25) is 0 Å². The van der Waals surface area contributed by atoms with Crippen molar-refractivity contribution in [2.75, 3.05) is 19.8 Å². The van der Waals surface area contributed by atoms with Crippen molar-refractivity contribution >= 4 is 0 Å². The van der Waals surface area contributed by atoms with Crippen molar-refractivity contribution < 1.29 is 64.5 Å². The molecule has 12 atom stereocenters. The van der Waals surface area contributed by atoms with E-state index >= 15 is 0 Å². The molecule has 3 rings (SSSR count). The van der Waals surface area contributed by atoms with Crippen LogP contribution in [0.15, 0.2) is 0 Å². The lowest BCUT2D eigenvalue weighted by molar-refractivity contribution is -0.356. The molecule has 3 heterocycles. The molecule has 8 N–H and O–H groups in total. The summed E-state index contributed by atoms with van der Waals surface area (Å²) in [6.07, 6.45) is -17.6. The molecule has 3 fully saturated rings. The molecule has 13 heteroatoms. The number of rotatable bonds is 4. The van der Waals surface area contributed by atoms with Crippen molar-refractivity contribution in [3.05, 3.63) is 0 Å². The fourth-order valence-electron chi connectivity index (χ4n) is 3.16. The van der Waals surface area contributed by atoms with Crippen LogP contribution >= 0.6 is 0 Å². The van der Waals surface area contributed by atoms with Gasteiger partial charge in [-0.25, -0.2) is 0 Å². The van der Waals surface area contributed by atoms with E-state index in [4.69, 9.17) is 23.7 Å². The van der Waals surface area contributed by atoms with Crippen LogP contribution in [0.3, 0.4) is 0 Å². The van der Waals surface area contributed by atoms with Gasteiger partial charge < -0.3 is 64.5 Å². The molecule has 3 aliphatic rings. The number of hydrogen-bond acceptors (Lipinski definition) is 13. The lowest BCUT2D eigenvalue weighted by Gasteiger charge is -2.43. The van der Waals surface area contributed by atoms with Gasteiger partial charge in [0, 0.05) is 0 Å². The second kappa shape index (κ2) is 9.09. The lowest BCUT2D eigenvalue weighted by Crippen LogP contribution is -2.62. The van der Waals surface area contributed by atoms with Gasteiger partial charge in [-0.1, -0.05) is 0 Å². The summed E-state index contributed by atoms with van der Waals surface area (Å²) in [5.74, 6) is 0. The van der Waals surface area contributed by atoms with Crippen LogP contribution in [-0.4, -0.2) is 134 Å². The van der Waals surface area contributed by atoms with Gasteiger partial charge in [0.25, 0.3) is 0 Å². The summed E-state index contributed by atoms with van der Waals surface area (Å²) in [5, 5.41) is 78.6. The van der Waals surface area contributed by atoms with E-state index in [-0.39, 0.29) is 19.8 Å². The van der Waals surface area contributed by atoms with Gasteiger partial charge in [0.15, 0.2) is 18.9 Å². The van der Waals surface area contributed by atoms with Crippen LogP contribution in [-0.2, 0) is 23.7 Å². The first kappa shape index (κ1) is 22.2. The third kappa shape index (κ3) is 4.46. The van der Waals surface area contributed by atoms with Crippen LogP contribution in [0.5, 0.6) is 0 Å². The minimum atomic E-state index is -1.65. The molecule has 3 saturated heterocycles. The molecule has 3 aliphatic heterocycles. The maximum Gasteiger partial charge on any atom is 0.186 e. The lowest BCUT2D eigenvalue weighted by atomic mass is 10.0. The quantitative estimate of drug-likeness (QED) is 0.216. The number of aliphatic hydroxyl groups excluding tert-OH is 8. The third-order valence-electron chi connectivity index (χ3n) is 4.94. The molecule has 0 aromatic carbocycles. The molecule has 28 heavy (non-hydrogen) atoms. The van der Waals surface area contributed by atoms with E-state index in [1.165, 1.54) is 0 Å². The van der Waals surface area contributed by atoms with Crippen LogP contribution in [0.4, 0.5) is 0 Å². The second-order valence-electron chi connectivity index (χ2n) is 6.99. The fraction of sp³-hybridized carbons (Fsp3) is 1.00. The molecule has 0 aromatic rings. The summed E-state index contributed by atoms with van der Waals surface area (Å²) in [4.78, 5) is 0. The highest BCUT2D eigenvalue weighted by Gasteiger charge is 2.48. The van der Waals surface area contributed by atoms with Gasteiger partial charge in [-0.05, 0) is 0 Å². The fourth-order valence-corrected chi connectivity index (χ4v) is 3.16. The van der Waals surface area contributed by atoms with E-state index in [0.29, 0.717) is 0 Å². The Labute approximate surface area is 159 Å². The maximum atomic E-state index is 10.5. The summed E-state index contributed by atoms with van der Waals surface area (Å²) in [6.45, 7) is -0.967. The van der Waals surface area contributed by atoms with Gasteiger partial charge in [-0.15, -0.1) is 0 Å². The summed E-state index contributed by atoms with van der Waals surface area (Å²) < 4.78 is 26.0. The number of ether oxygens (including phenoxy) is 5. The molecule has 0 radical (unpaired) electrons. The number of aliphatic hydroxyl groups is 8. The highest BCUT2D eigenvalue weighted by molar-refractivity contribution is 4.90. The van der Waals surface area contributed by atoms with Gasteiger partial charge >= 0.3 is 0 Å². The molecule has 0 aromatic heterocycles. The Morgan fingerprint density at radius 2 is 1.04 bits per heavy atom. The average molecular weight is 414 g/mol. The van der Waals surface area contributed by atoms with Crippen molar-refractivity contribution in [3.63, 3.8) is 0 Å². The van der Waals surface area contributed by atoms with Gasteiger partial charge in [-0.2, -0.15) is 0 Å². The highest BCUT2D eigenvalue weighted by atomic mass is 16.7. The summed E-state index contributed by atoms with van der Waals surface area (Å²) in [6, 6.07) is 0. The monoisotopic (exact) mass is 414 g/mol. The SMILES string of the molecule is OC1OC[C@@H](O[C@@H]2OC[C@@H](O)[C@H](O)[C@H]2O)[C@H](O)[C@H]1O[C@@H]1OC[C@@H](O)[C@H](O)[C@H]1O. The van der Waals surface area contributed by atoms with Crippen molar-refractivity contribution in [1.82, 2.24) is 0 Å². The Kier molecular flexibility index (Phi) is 7.20. The minimum Gasteiger partial charge on any atom is -0.388 e. The van der Waals surface area contributed by atoms with Crippen molar-refractivity contribution in [1.29, 1.82) is 0 Å². The van der Waals surface area contributed by atoms with Crippen LogP contribution in [0, 0.1) is 0 Å². The average Bonchev–Trinajstić information content (AvgIpc) is 2.67. The largest absolute Gasteiger partial charge is 0.388 e. The summed E-state index contributed by atoms with van der Waals surface area (Å²) in [5.41, 5.74) is 0. The minimum absolute atomic E-state index is 0.308. The van der Waals surface area contributed by atoms with Gasteiger partial charge in [0.05, 0.1) is 19.8 Å². The van der Waals surface area contributed by atoms with Crippen molar-refractivity contribution in [3.8, 4) is 0 Å². The van der Waals surface area contributed by atoms with Crippen LogP contribution in [0.1, 0.15) is 0 Å². The van der Waals surface area contributed by atoms with Gasteiger partial charge in [0.1, 0.15) is 54.9 Å². The van der Waals surface area contributed by atoms with E-state index in [2.05, 4.69) is 0 Å². The van der Waals surface area contributed by atoms with E-state index in [1.807, 2.05) is 0 Å². The van der Waals surface area contributed by atoms with E-state index < -0.39 is 73.8 Å². The van der Waals surface area contributed by atoms with Gasteiger partial charge in [-0.3, -0.25) is 0 Å². The Balaban J connectivity index is 1.62. The van der Waals surface area contributed by atoms with E-state index in [9.17, 15) is 40.9 Å². The van der Waals surface area contributed by atoms with Crippen LogP contribution in [0.25, 0.3) is 0 Å². The molecular formula is C15H26O13. The summed E-state index contributed by atoms with van der Waals surface area (Å²) >= 11 is 0. The van der Waals surface area contributed by atoms with E-state index in [0.717, 1.165) is 0 Å². The third-order valence-corrected chi connectivity index (χ3v) is 4.94. The zero-order chi connectivity index (χ0) is 20.6. The smallest absolute Gasteiger partial charge is 0.186 e. The first-order valence-electron chi connectivity index (χ1n) is 8.81.